The van der Waals surface area contributed by atoms with Crippen molar-refractivity contribution < 1.29 is 4.79 Å². The third kappa shape index (κ3) is 7.81. The quantitative estimate of drug-likeness (QED) is 0.608. The SMILES string of the molecule is Cl.NCc1ccc(C(=O)NCCCCN2CCC(Cc3ccccc3)CC2)cc1. The molecule has 1 aliphatic rings. The predicted molar refractivity (Wildman–Crippen MR) is 122 cm³/mol. The highest BCUT2D eigenvalue weighted by atomic mass is 35.5. The minimum atomic E-state index is 0. The molecule has 2 aromatic rings. The van der Waals surface area contributed by atoms with Crippen LogP contribution in [-0.4, -0.2) is 37.0 Å². The number of amides is 1. The molecule has 2 aromatic carbocycles. The molecule has 0 spiro atoms. The largest absolute Gasteiger partial charge is 0.352 e. The fourth-order valence-electron chi connectivity index (χ4n) is 3.92. The van der Waals surface area contributed by atoms with Gasteiger partial charge in [-0.25, -0.2) is 0 Å². The highest BCUT2D eigenvalue weighted by Crippen LogP contribution is 2.21. The van der Waals surface area contributed by atoms with Crippen molar-refractivity contribution in [2.45, 2.75) is 38.6 Å². The molecule has 1 saturated heterocycles. The number of nitrogens with two attached hydrogens (primary N) is 1. The van der Waals surface area contributed by atoms with E-state index in [9.17, 15) is 4.79 Å². The molecule has 1 aliphatic heterocycles. The van der Waals surface area contributed by atoms with Crippen molar-refractivity contribution in [2.24, 2.45) is 11.7 Å². The van der Waals surface area contributed by atoms with Crippen LogP contribution in [0.2, 0.25) is 0 Å². The Balaban J connectivity index is 0.00000300. The standard InChI is InChI=1S/C24H33N3O.ClH/c25-19-22-8-10-23(11-9-22)24(28)26-14-4-5-15-27-16-12-21(13-17-27)18-20-6-2-1-3-7-20;/h1-3,6-11,21H,4-5,12-19,25H2,(H,26,28);1H. The van der Waals surface area contributed by atoms with Gasteiger partial charge in [0.15, 0.2) is 0 Å². The number of nitrogens with zero attached hydrogens (tertiary/aromatic N) is 1. The minimum absolute atomic E-state index is 0. The lowest BCUT2D eigenvalue weighted by molar-refractivity contribution is 0.0952. The maximum Gasteiger partial charge on any atom is 0.251 e. The van der Waals surface area contributed by atoms with E-state index in [-0.39, 0.29) is 18.3 Å². The van der Waals surface area contributed by atoms with Crippen molar-refractivity contribution >= 4 is 18.3 Å². The third-order valence-corrected chi connectivity index (χ3v) is 5.71. The van der Waals surface area contributed by atoms with Gasteiger partial charge in [-0.2, -0.15) is 0 Å². The number of rotatable bonds is 9. The Labute approximate surface area is 181 Å². The van der Waals surface area contributed by atoms with Crippen molar-refractivity contribution in [3.05, 3.63) is 71.3 Å². The van der Waals surface area contributed by atoms with E-state index in [0.717, 1.165) is 37.4 Å². The summed E-state index contributed by atoms with van der Waals surface area (Å²) in [5, 5.41) is 3.02. The molecule has 0 aliphatic carbocycles. The number of hydrogen-bond donors (Lipinski definition) is 2. The fourth-order valence-corrected chi connectivity index (χ4v) is 3.92. The molecule has 1 amide bonds. The monoisotopic (exact) mass is 415 g/mol. The first-order valence-corrected chi connectivity index (χ1v) is 10.6. The van der Waals surface area contributed by atoms with E-state index in [1.807, 2.05) is 24.3 Å². The van der Waals surface area contributed by atoms with Gasteiger partial charge in [-0.15, -0.1) is 12.4 Å². The Morgan fingerprint density at radius 2 is 1.66 bits per heavy atom. The molecule has 158 valence electrons. The highest BCUT2D eigenvalue weighted by molar-refractivity contribution is 5.94. The van der Waals surface area contributed by atoms with E-state index in [1.165, 1.54) is 37.9 Å². The molecular formula is C24H34ClN3O. The Bertz CT molecular complexity index is 713. The van der Waals surface area contributed by atoms with Crippen LogP contribution in [0, 0.1) is 5.92 Å². The lowest BCUT2D eigenvalue weighted by atomic mass is 9.90. The number of halogens is 1. The number of carbonyl (C=O) groups excluding carboxylic acids is 1. The number of benzene rings is 2. The number of likely N-dealkylation sites (tertiary alicyclic amines) is 1. The summed E-state index contributed by atoms with van der Waals surface area (Å²) in [6.45, 7) is 4.79. The maximum absolute atomic E-state index is 12.1. The Hall–Kier alpha value is -1.88. The van der Waals surface area contributed by atoms with Gasteiger partial charge >= 0.3 is 0 Å². The Kier molecular flexibility index (Phi) is 10.2. The second-order valence-corrected chi connectivity index (χ2v) is 7.84. The molecule has 4 nitrogen and oxygen atoms in total. The molecule has 3 rings (SSSR count). The highest BCUT2D eigenvalue weighted by Gasteiger charge is 2.18. The number of carbonyl (C=O) groups is 1. The number of unbranched alkanes of at least 4 members (excludes halogenated alkanes) is 1. The molecule has 29 heavy (non-hydrogen) atoms. The summed E-state index contributed by atoms with van der Waals surface area (Å²) in [6, 6.07) is 18.4. The van der Waals surface area contributed by atoms with Gasteiger partial charge in [0.1, 0.15) is 0 Å². The van der Waals surface area contributed by atoms with E-state index >= 15 is 0 Å². The van der Waals surface area contributed by atoms with Gasteiger partial charge in [0.2, 0.25) is 0 Å². The van der Waals surface area contributed by atoms with Crippen molar-refractivity contribution in [3.63, 3.8) is 0 Å². The van der Waals surface area contributed by atoms with Crippen LogP contribution < -0.4 is 11.1 Å². The van der Waals surface area contributed by atoms with E-state index in [0.29, 0.717) is 12.1 Å². The Morgan fingerprint density at radius 1 is 0.966 bits per heavy atom. The molecule has 0 aromatic heterocycles. The smallest absolute Gasteiger partial charge is 0.251 e. The van der Waals surface area contributed by atoms with Crippen molar-refractivity contribution in [1.29, 1.82) is 0 Å². The molecule has 1 heterocycles. The zero-order valence-electron chi connectivity index (χ0n) is 17.2. The first kappa shape index (κ1) is 23.4. The molecule has 0 unspecified atom stereocenters. The van der Waals surface area contributed by atoms with Crippen molar-refractivity contribution in [2.75, 3.05) is 26.2 Å². The van der Waals surface area contributed by atoms with Gasteiger partial charge in [0.25, 0.3) is 5.91 Å². The minimum Gasteiger partial charge on any atom is -0.352 e. The van der Waals surface area contributed by atoms with Crippen LogP contribution in [0.5, 0.6) is 0 Å². The van der Waals surface area contributed by atoms with E-state index in [4.69, 9.17) is 5.73 Å². The molecule has 0 atom stereocenters. The van der Waals surface area contributed by atoms with Crippen molar-refractivity contribution in [3.8, 4) is 0 Å². The van der Waals surface area contributed by atoms with Crippen LogP contribution in [-0.2, 0) is 13.0 Å². The number of piperidine rings is 1. The summed E-state index contributed by atoms with van der Waals surface area (Å²) in [4.78, 5) is 14.7. The van der Waals surface area contributed by atoms with Crippen LogP contribution >= 0.6 is 12.4 Å². The normalized spacial score (nSPS) is 14.9. The third-order valence-electron chi connectivity index (χ3n) is 5.71. The molecule has 1 fully saturated rings. The summed E-state index contributed by atoms with van der Waals surface area (Å²) >= 11 is 0. The van der Waals surface area contributed by atoms with E-state index in [2.05, 4.69) is 40.5 Å². The summed E-state index contributed by atoms with van der Waals surface area (Å²) in [5.41, 5.74) is 8.81. The second kappa shape index (κ2) is 12.6. The molecular weight excluding hydrogens is 382 g/mol. The lowest BCUT2D eigenvalue weighted by Crippen LogP contribution is -2.35. The van der Waals surface area contributed by atoms with Crippen LogP contribution in [0.1, 0.15) is 47.2 Å². The van der Waals surface area contributed by atoms with Gasteiger partial charge in [0.05, 0.1) is 0 Å². The van der Waals surface area contributed by atoms with Crippen LogP contribution in [0.25, 0.3) is 0 Å². The van der Waals surface area contributed by atoms with Gasteiger partial charge in [0, 0.05) is 18.7 Å². The first-order valence-electron chi connectivity index (χ1n) is 10.6. The van der Waals surface area contributed by atoms with Crippen LogP contribution in [0.4, 0.5) is 0 Å². The zero-order valence-corrected chi connectivity index (χ0v) is 18.0. The van der Waals surface area contributed by atoms with E-state index < -0.39 is 0 Å². The molecule has 0 radical (unpaired) electrons. The molecule has 0 bridgehead atoms. The molecule has 5 heteroatoms. The maximum atomic E-state index is 12.1. The first-order chi connectivity index (χ1) is 13.7. The van der Waals surface area contributed by atoms with Crippen LogP contribution in [0.15, 0.2) is 54.6 Å². The molecule has 0 saturated carbocycles. The number of hydrogen-bond acceptors (Lipinski definition) is 3. The fraction of sp³-hybridized carbons (Fsp3) is 0.458. The summed E-state index contributed by atoms with van der Waals surface area (Å²) in [7, 11) is 0. The van der Waals surface area contributed by atoms with E-state index in [1.54, 1.807) is 0 Å². The average Bonchev–Trinajstić information content (AvgIpc) is 2.75. The Morgan fingerprint density at radius 3 is 2.31 bits per heavy atom. The van der Waals surface area contributed by atoms with Gasteiger partial charge in [-0.3, -0.25) is 4.79 Å². The second-order valence-electron chi connectivity index (χ2n) is 7.84. The van der Waals surface area contributed by atoms with Gasteiger partial charge < -0.3 is 16.0 Å². The lowest BCUT2D eigenvalue weighted by Gasteiger charge is -2.32. The van der Waals surface area contributed by atoms with Crippen LogP contribution in [0.3, 0.4) is 0 Å². The summed E-state index contributed by atoms with van der Waals surface area (Å²) in [6.07, 6.45) is 5.97. The van der Waals surface area contributed by atoms with Gasteiger partial charge in [-0.1, -0.05) is 42.5 Å². The summed E-state index contributed by atoms with van der Waals surface area (Å²) < 4.78 is 0. The average molecular weight is 416 g/mol. The molecule has 3 N–H and O–H groups in total. The predicted octanol–water partition coefficient (Wildman–Crippen LogP) is 4.03. The van der Waals surface area contributed by atoms with Gasteiger partial charge in [-0.05, 0) is 80.9 Å². The zero-order chi connectivity index (χ0) is 19.6. The summed E-state index contributed by atoms with van der Waals surface area (Å²) in [5.74, 6) is 0.828. The topological polar surface area (TPSA) is 58.4 Å². The number of nitrogens with one attached hydrogen (secondary N) is 1. The van der Waals surface area contributed by atoms with Crippen molar-refractivity contribution in [1.82, 2.24) is 10.2 Å².